The van der Waals surface area contributed by atoms with Crippen LogP contribution in [0.3, 0.4) is 0 Å². The van der Waals surface area contributed by atoms with Crippen LogP contribution in [0.25, 0.3) is 0 Å². The van der Waals surface area contributed by atoms with E-state index in [1.54, 1.807) is 24.3 Å². The maximum atomic E-state index is 12.5. The lowest BCUT2D eigenvalue weighted by Gasteiger charge is -2.08. The minimum Gasteiger partial charge on any atom is -0.294 e. The number of hydrogen-bond acceptors (Lipinski definition) is 1. The molecule has 0 unspecified atom stereocenters. The molecule has 0 aliphatic rings. The van der Waals surface area contributed by atoms with E-state index < -0.39 is 11.7 Å². The van der Waals surface area contributed by atoms with Crippen LogP contribution in [0.15, 0.2) is 54.6 Å². The first-order valence-corrected chi connectivity index (χ1v) is 5.71. The van der Waals surface area contributed by atoms with E-state index in [4.69, 9.17) is 0 Å². The number of carbonyl (C=O) groups excluding carboxylic acids is 1. The number of Topliss-reactive ketones (excluding diaryl/α,β-unsaturated/α-hetero) is 1. The first-order valence-electron chi connectivity index (χ1n) is 5.71. The number of rotatable bonds is 3. The maximum absolute atomic E-state index is 12.5. The Morgan fingerprint density at radius 1 is 0.947 bits per heavy atom. The van der Waals surface area contributed by atoms with Crippen molar-refractivity contribution in [2.24, 2.45) is 0 Å². The molecular formula is C15H11F3O. The Morgan fingerprint density at radius 2 is 1.63 bits per heavy atom. The van der Waals surface area contributed by atoms with Crippen LogP contribution in [0, 0.1) is 0 Å². The molecule has 2 aromatic carbocycles. The molecule has 0 aliphatic carbocycles. The van der Waals surface area contributed by atoms with Crippen LogP contribution in [0.2, 0.25) is 0 Å². The highest BCUT2D eigenvalue weighted by Gasteiger charge is 2.30. The number of halogens is 3. The zero-order valence-electron chi connectivity index (χ0n) is 9.95. The molecule has 0 bridgehead atoms. The Kier molecular flexibility index (Phi) is 3.69. The van der Waals surface area contributed by atoms with Gasteiger partial charge < -0.3 is 0 Å². The number of ketones is 1. The molecule has 0 aliphatic heterocycles. The molecule has 2 aromatic rings. The van der Waals surface area contributed by atoms with E-state index in [-0.39, 0.29) is 17.8 Å². The summed E-state index contributed by atoms with van der Waals surface area (Å²) in [7, 11) is 0. The second kappa shape index (κ2) is 5.26. The fraction of sp³-hybridized carbons (Fsp3) is 0.133. The van der Waals surface area contributed by atoms with Gasteiger partial charge in [-0.2, -0.15) is 13.2 Å². The molecule has 0 aromatic heterocycles. The van der Waals surface area contributed by atoms with E-state index in [0.717, 1.165) is 17.7 Å². The van der Waals surface area contributed by atoms with Crippen molar-refractivity contribution in [2.45, 2.75) is 12.6 Å². The molecule has 2 rings (SSSR count). The standard InChI is InChI=1S/C15H11F3O/c16-15(17,18)13-8-4-7-12(10-13)14(19)9-11-5-2-1-3-6-11/h1-8,10H,9H2. The Balaban J connectivity index is 2.20. The Morgan fingerprint density at radius 3 is 2.26 bits per heavy atom. The van der Waals surface area contributed by atoms with Crippen LogP contribution in [0.1, 0.15) is 21.5 Å². The fourth-order valence-corrected chi connectivity index (χ4v) is 1.75. The average molecular weight is 264 g/mol. The van der Waals surface area contributed by atoms with Crippen LogP contribution in [-0.2, 0) is 12.6 Å². The molecule has 0 atom stereocenters. The lowest BCUT2D eigenvalue weighted by molar-refractivity contribution is -0.137. The topological polar surface area (TPSA) is 17.1 Å². The van der Waals surface area contributed by atoms with Crippen molar-refractivity contribution in [2.75, 3.05) is 0 Å². The molecule has 19 heavy (non-hydrogen) atoms. The van der Waals surface area contributed by atoms with E-state index in [2.05, 4.69) is 0 Å². The van der Waals surface area contributed by atoms with Gasteiger partial charge in [-0.25, -0.2) is 0 Å². The summed E-state index contributed by atoms with van der Waals surface area (Å²) in [4.78, 5) is 11.9. The summed E-state index contributed by atoms with van der Waals surface area (Å²) in [5, 5.41) is 0. The molecule has 0 N–H and O–H groups in total. The van der Waals surface area contributed by atoms with Crippen molar-refractivity contribution in [3.8, 4) is 0 Å². The van der Waals surface area contributed by atoms with E-state index in [9.17, 15) is 18.0 Å². The van der Waals surface area contributed by atoms with Crippen molar-refractivity contribution in [1.29, 1.82) is 0 Å². The second-order valence-electron chi connectivity index (χ2n) is 4.16. The molecule has 0 heterocycles. The van der Waals surface area contributed by atoms with E-state index in [0.29, 0.717) is 0 Å². The summed E-state index contributed by atoms with van der Waals surface area (Å²) in [6.07, 6.45) is -4.33. The first-order chi connectivity index (χ1) is 8.97. The Bertz CT molecular complexity index is 573. The van der Waals surface area contributed by atoms with Gasteiger partial charge in [0.15, 0.2) is 5.78 Å². The van der Waals surface area contributed by atoms with Gasteiger partial charge in [-0.15, -0.1) is 0 Å². The van der Waals surface area contributed by atoms with Crippen LogP contribution in [-0.4, -0.2) is 5.78 Å². The SMILES string of the molecule is O=C(Cc1ccccc1)c1cccc(C(F)(F)F)c1. The third-order valence-electron chi connectivity index (χ3n) is 2.72. The molecule has 0 fully saturated rings. The number of hydrogen-bond donors (Lipinski definition) is 0. The van der Waals surface area contributed by atoms with Gasteiger partial charge in [-0.05, 0) is 17.7 Å². The van der Waals surface area contributed by atoms with E-state index in [1.165, 1.54) is 12.1 Å². The van der Waals surface area contributed by atoms with Crippen molar-refractivity contribution in [3.63, 3.8) is 0 Å². The smallest absolute Gasteiger partial charge is 0.294 e. The molecule has 0 saturated carbocycles. The quantitative estimate of drug-likeness (QED) is 0.762. The molecule has 4 heteroatoms. The highest BCUT2D eigenvalue weighted by atomic mass is 19.4. The second-order valence-corrected chi connectivity index (χ2v) is 4.16. The van der Waals surface area contributed by atoms with Crippen molar-refractivity contribution in [3.05, 3.63) is 71.3 Å². The molecule has 0 spiro atoms. The largest absolute Gasteiger partial charge is 0.416 e. The van der Waals surface area contributed by atoms with Gasteiger partial charge in [-0.1, -0.05) is 42.5 Å². The van der Waals surface area contributed by atoms with Crippen LogP contribution in [0.5, 0.6) is 0 Å². The predicted octanol–water partition coefficient (Wildman–Crippen LogP) is 4.13. The van der Waals surface area contributed by atoms with Crippen LogP contribution >= 0.6 is 0 Å². The summed E-state index contributed by atoms with van der Waals surface area (Å²) < 4.78 is 37.6. The molecule has 0 saturated heterocycles. The number of benzene rings is 2. The van der Waals surface area contributed by atoms with E-state index >= 15 is 0 Å². The maximum Gasteiger partial charge on any atom is 0.416 e. The van der Waals surface area contributed by atoms with Crippen molar-refractivity contribution >= 4 is 5.78 Å². The molecule has 0 radical (unpaired) electrons. The van der Waals surface area contributed by atoms with Gasteiger partial charge in [0, 0.05) is 12.0 Å². The number of carbonyl (C=O) groups is 1. The summed E-state index contributed by atoms with van der Waals surface area (Å²) in [5.74, 6) is -0.322. The van der Waals surface area contributed by atoms with Gasteiger partial charge in [0.1, 0.15) is 0 Å². The highest BCUT2D eigenvalue weighted by Crippen LogP contribution is 2.29. The summed E-state index contributed by atoms with van der Waals surface area (Å²) >= 11 is 0. The lowest BCUT2D eigenvalue weighted by atomic mass is 10.0. The molecule has 0 amide bonds. The molecule has 1 nitrogen and oxygen atoms in total. The van der Waals surface area contributed by atoms with Crippen LogP contribution < -0.4 is 0 Å². The highest BCUT2D eigenvalue weighted by molar-refractivity contribution is 5.97. The summed E-state index contributed by atoms with van der Waals surface area (Å²) in [6.45, 7) is 0. The zero-order chi connectivity index (χ0) is 13.9. The predicted molar refractivity (Wildman–Crippen MR) is 65.9 cm³/mol. The minimum atomic E-state index is -4.43. The van der Waals surface area contributed by atoms with Crippen molar-refractivity contribution < 1.29 is 18.0 Å². The summed E-state index contributed by atoms with van der Waals surface area (Å²) in [6, 6.07) is 13.4. The normalized spacial score (nSPS) is 11.3. The summed E-state index contributed by atoms with van der Waals surface area (Å²) in [5.41, 5.74) is 0.0648. The lowest BCUT2D eigenvalue weighted by Crippen LogP contribution is -2.08. The van der Waals surface area contributed by atoms with Gasteiger partial charge in [-0.3, -0.25) is 4.79 Å². The van der Waals surface area contributed by atoms with Crippen molar-refractivity contribution in [1.82, 2.24) is 0 Å². The van der Waals surface area contributed by atoms with Gasteiger partial charge in [0.25, 0.3) is 0 Å². The third-order valence-corrected chi connectivity index (χ3v) is 2.72. The zero-order valence-corrected chi connectivity index (χ0v) is 9.95. The molecular weight excluding hydrogens is 253 g/mol. The Hall–Kier alpha value is -2.10. The fourth-order valence-electron chi connectivity index (χ4n) is 1.75. The third kappa shape index (κ3) is 3.44. The average Bonchev–Trinajstić information content (AvgIpc) is 2.39. The van der Waals surface area contributed by atoms with Gasteiger partial charge in [0.2, 0.25) is 0 Å². The van der Waals surface area contributed by atoms with E-state index in [1.807, 2.05) is 6.07 Å². The van der Waals surface area contributed by atoms with Gasteiger partial charge in [0.05, 0.1) is 5.56 Å². The minimum absolute atomic E-state index is 0.0821. The van der Waals surface area contributed by atoms with Gasteiger partial charge >= 0.3 is 6.18 Å². The number of alkyl halides is 3. The van der Waals surface area contributed by atoms with Crippen LogP contribution in [0.4, 0.5) is 13.2 Å². The Labute approximate surface area is 108 Å². The monoisotopic (exact) mass is 264 g/mol. The molecule has 98 valence electrons. The first kappa shape index (κ1) is 13.3.